The van der Waals surface area contributed by atoms with Gasteiger partial charge in [0.05, 0.1) is 6.54 Å². The summed E-state index contributed by atoms with van der Waals surface area (Å²) < 4.78 is 2.12. The highest BCUT2D eigenvalue weighted by molar-refractivity contribution is 6.30. The lowest BCUT2D eigenvalue weighted by atomic mass is 10.2. The fourth-order valence-electron chi connectivity index (χ4n) is 2.58. The summed E-state index contributed by atoms with van der Waals surface area (Å²) in [6.07, 6.45) is 4.46. The van der Waals surface area contributed by atoms with Crippen molar-refractivity contribution in [1.29, 1.82) is 0 Å². The molecule has 0 saturated heterocycles. The number of rotatable bonds is 3. The number of aryl methyl sites for hydroxylation is 1. The van der Waals surface area contributed by atoms with Crippen molar-refractivity contribution in [1.82, 2.24) is 20.1 Å². The minimum atomic E-state index is -0.284. The number of anilines is 1. The summed E-state index contributed by atoms with van der Waals surface area (Å²) in [6, 6.07) is 6.75. The summed E-state index contributed by atoms with van der Waals surface area (Å²) in [7, 11) is 0. The summed E-state index contributed by atoms with van der Waals surface area (Å²) >= 11 is 5.89. The first-order valence-corrected chi connectivity index (χ1v) is 7.81. The number of hydrogen-bond donors (Lipinski definition) is 2. The Bertz CT molecular complexity index is 670. The number of benzene rings is 1. The van der Waals surface area contributed by atoms with Gasteiger partial charge in [-0.3, -0.25) is 0 Å². The topological polar surface area (TPSA) is 71.8 Å². The second-order valence-corrected chi connectivity index (χ2v) is 5.75. The van der Waals surface area contributed by atoms with E-state index in [-0.39, 0.29) is 6.03 Å². The van der Waals surface area contributed by atoms with Crippen LogP contribution in [0.3, 0.4) is 0 Å². The normalized spacial score (nSPS) is 14.0. The Morgan fingerprint density at radius 1 is 1.27 bits per heavy atom. The Morgan fingerprint density at radius 3 is 3.05 bits per heavy atom. The molecular formula is C15H18ClN5O. The maximum atomic E-state index is 11.9. The van der Waals surface area contributed by atoms with Crippen molar-refractivity contribution < 1.29 is 4.79 Å². The quantitative estimate of drug-likeness (QED) is 0.913. The van der Waals surface area contributed by atoms with Gasteiger partial charge in [0, 0.05) is 23.7 Å². The zero-order chi connectivity index (χ0) is 15.4. The molecule has 0 bridgehead atoms. The van der Waals surface area contributed by atoms with Crippen LogP contribution in [0.2, 0.25) is 5.02 Å². The second-order valence-electron chi connectivity index (χ2n) is 5.31. The zero-order valence-electron chi connectivity index (χ0n) is 12.2. The number of hydrogen-bond acceptors (Lipinski definition) is 3. The number of nitrogens with zero attached hydrogens (tertiary/aromatic N) is 3. The third-order valence-corrected chi connectivity index (χ3v) is 3.91. The van der Waals surface area contributed by atoms with Crippen LogP contribution in [0.15, 0.2) is 24.3 Å². The predicted octanol–water partition coefficient (Wildman–Crippen LogP) is 2.98. The monoisotopic (exact) mass is 319 g/mol. The summed E-state index contributed by atoms with van der Waals surface area (Å²) in [5.74, 6) is 1.82. The van der Waals surface area contributed by atoms with Gasteiger partial charge in [0.2, 0.25) is 0 Å². The van der Waals surface area contributed by atoms with Crippen LogP contribution in [0, 0.1) is 0 Å². The van der Waals surface area contributed by atoms with Crippen molar-refractivity contribution in [3.05, 3.63) is 40.9 Å². The van der Waals surface area contributed by atoms with Crippen LogP contribution in [0.5, 0.6) is 0 Å². The van der Waals surface area contributed by atoms with Crippen molar-refractivity contribution in [2.45, 2.75) is 38.8 Å². The van der Waals surface area contributed by atoms with Crippen LogP contribution in [0.4, 0.5) is 10.5 Å². The maximum Gasteiger partial charge on any atom is 0.319 e. The molecule has 0 unspecified atom stereocenters. The van der Waals surface area contributed by atoms with Crippen LogP contribution in [-0.2, 0) is 19.5 Å². The van der Waals surface area contributed by atoms with Gasteiger partial charge in [0.1, 0.15) is 5.82 Å². The molecule has 0 spiro atoms. The minimum absolute atomic E-state index is 0.284. The average Bonchev–Trinajstić information content (AvgIpc) is 2.72. The van der Waals surface area contributed by atoms with Crippen LogP contribution >= 0.6 is 11.6 Å². The van der Waals surface area contributed by atoms with Gasteiger partial charge in [-0.25, -0.2) is 4.79 Å². The second kappa shape index (κ2) is 6.79. The van der Waals surface area contributed by atoms with Gasteiger partial charge < -0.3 is 15.2 Å². The molecule has 1 aromatic carbocycles. The van der Waals surface area contributed by atoms with Gasteiger partial charge in [-0.2, -0.15) is 0 Å². The Balaban J connectivity index is 1.58. The van der Waals surface area contributed by atoms with E-state index in [1.807, 2.05) is 0 Å². The zero-order valence-corrected chi connectivity index (χ0v) is 12.9. The number of carbonyl (C=O) groups excluding carboxylic acids is 1. The van der Waals surface area contributed by atoms with Crippen molar-refractivity contribution >= 4 is 23.3 Å². The molecule has 2 heterocycles. The Hall–Kier alpha value is -2.08. The van der Waals surface area contributed by atoms with E-state index in [1.165, 1.54) is 6.42 Å². The molecule has 2 amide bonds. The summed E-state index contributed by atoms with van der Waals surface area (Å²) in [6.45, 7) is 1.29. The van der Waals surface area contributed by atoms with E-state index in [4.69, 9.17) is 11.6 Å². The van der Waals surface area contributed by atoms with Crippen LogP contribution in [-0.4, -0.2) is 20.8 Å². The number of aromatic nitrogens is 3. The van der Waals surface area contributed by atoms with E-state index in [9.17, 15) is 4.79 Å². The number of halogens is 1. The lowest BCUT2D eigenvalue weighted by Crippen LogP contribution is -2.29. The average molecular weight is 320 g/mol. The molecule has 2 aromatic rings. The van der Waals surface area contributed by atoms with E-state index in [0.717, 1.165) is 37.5 Å². The van der Waals surface area contributed by atoms with Crippen LogP contribution < -0.4 is 10.6 Å². The van der Waals surface area contributed by atoms with Crippen LogP contribution in [0.25, 0.3) is 0 Å². The molecule has 1 aliphatic heterocycles. The molecule has 2 N–H and O–H groups in total. The largest absolute Gasteiger partial charge is 0.331 e. The number of carbonyl (C=O) groups is 1. The molecule has 0 atom stereocenters. The summed E-state index contributed by atoms with van der Waals surface area (Å²) in [5.41, 5.74) is 0.657. The SMILES string of the molecule is O=C(NCc1nnc2n1CCCCC2)Nc1cccc(Cl)c1. The minimum Gasteiger partial charge on any atom is -0.331 e. The molecule has 0 aliphatic carbocycles. The van der Waals surface area contributed by atoms with Crippen LogP contribution in [0.1, 0.15) is 30.9 Å². The molecule has 22 heavy (non-hydrogen) atoms. The molecule has 0 fully saturated rings. The first kappa shape index (κ1) is 14.8. The third-order valence-electron chi connectivity index (χ3n) is 3.68. The van der Waals surface area contributed by atoms with E-state index in [1.54, 1.807) is 24.3 Å². The van der Waals surface area contributed by atoms with E-state index in [2.05, 4.69) is 25.4 Å². The highest BCUT2D eigenvalue weighted by Crippen LogP contribution is 2.15. The molecule has 1 aliphatic rings. The Morgan fingerprint density at radius 2 is 2.18 bits per heavy atom. The van der Waals surface area contributed by atoms with E-state index in [0.29, 0.717) is 17.3 Å². The fraction of sp³-hybridized carbons (Fsp3) is 0.400. The first-order valence-electron chi connectivity index (χ1n) is 7.44. The Labute approximate surface area is 133 Å². The third kappa shape index (κ3) is 3.57. The number of amides is 2. The molecule has 116 valence electrons. The van der Waals surface area contributed by atoms with Crippen molar-refractivity contribution in [2.75, 3.05) is 5.32 Å². The van der Waals surface area contributed by atoms with E-state index >= 15 is 0 Å². The molecule has 3 rings (SSSR count). The lowest BCUT2D eigenvalue weighted by Gasteiger charge is -2.09. The fourth-order valence-corrected chi connectivity index (χ4v) is 2.77. The van der Waals surface area contributed by atoms with Crippen molar-refractivity contribution in [3.8, 4) is 0 Å². The smallest absolute Gasteiger partial charge is 0.319 e. The summed E-state index contributed by atoms with van der Waals surface area (Å²) in [4.78, 5) is 11.9. The molecular weight excluding hydrogens is 302 g/mol. The van der Waals surface area contributed by atoms with Gasteiger partial charge in [-0.15, -0.1) is 10.2 Å². The van der Waals surface area contributed by atoms with Gasteiger partial charge >= 0.3 is 6.03 Å². The van der Waals surface area contributed by atoms with Gasteiger partial charge in [-0.1, -0.05) is 24.1 Å². The molecule has 7 heteroatoms. The Kier molecular flexibility index (Phi) is 4.58. The van der Waals surface area contributed by atoms with Gasteiger partial charge in [0.15, 0.2) is 5.82 Å². The van der Waals surface area contributed by atoms with Gasteiger partial charge in [0.25, 0.3) is 0 Å². The number of urea groups is 1. The molecule has 6 nitrogen and oxygen atoms in total. The highest BCUT2D eigenvalue weighted by atomic mass is 35.5. The summed E-state index contributed by atoms with van der Waals surface area (Å²) in [5, 5.41) is 14.5. The number of nitrogens with one attached hydrogen (secondary N) is 2. The highest BCUT2D eigenvalue weighted by Gasteiger charge is 2.15. The van der Waals surface area contributed by atoms with E-state index < -0.39 is 0 Å². The molecule has 0 saturated carbocycles. The van der Waals surface area contributed by atoms with Crippen molar-refractivity contribution in [2.24, 2.45) is 0 Å². The lowest BCUT2D eigenvalue weighted by molar-refractivity contribution is 0.251. The standard InChI is InChI=1S/C15H18ClN5O/c16-11-5-4-6-12(9-11)18-15(22)17-10-14-20-19-13-7-2-1-3-8-21(13)14/h4-6,9H,1-3,7-8,10H2,(H2,17,18,22). The maximum absolute atomic E-state index is 11.9. The van der Waals surface area contributed by atoms with Gasteiger partial charge in [-0.05, 0) is 31.0 Å². The van der Waals surface area contributed by atoms with Crippen molar-refractivity contribution in [3.63, 3.8) is 0 Å². The molecule has 1 aromatic heterocycles. The number of fused-ring (bicyclic) bond motifs is 1. The predicted molar refractivity (Wildman–Crippen MR) is 84.9 cm³/mol. The molecule has 0 radical (unpaired) electrons. The first-order chi connectivity index (χ1) is 10.7.